The molecule has 0 amide bonds. The Bertz CT molecular complexity index is 454. The molecule has 130 valence electrons. The van der Waals surface area contributed by atoms with E-state index >= 15 is 0 Å². The van der Waals surface area contributed by atoms with Crippen molar-refractivity contribution in [3.05, 3.63) is 12.2 Å². The summed E-state index contributed by atoms with van der Waals surface area (Å²) in [7, 11) is 0. The minimum absolute atomic E-state index is 0.0737. The van der Waals surface area contributed by atoms with E-state index in [-0.39, 0.29) is 19.6 Å². The number of ether oxygens (including phenoxy) is 4. The van der Waals surface area contributed by atoms with E-state index < -0.39 is 36.1 Å². The van der Waals surface area contributed by atoms with Crippen LogP contribution in [-0.4, -0.2) is 49.3 Å². The molecule has 2 atom stereocenters. The summed E-state index contributed by atoms with van der Waals surface area (Å²) in [6, 6.07) is 0. The molecule has 0 radical (unpaired) electrons. The maximum absolute atomic E-state index is 11.2. The molecule has 0 aromatic rings. The van der Waals surface area contributed by atoms with Crippen LogP contribution in [0.3, 0.4) is 0 Å². The molecule has 0 saturated heterocycles. The van der Waals surface area contributed by atoms with Gasteiger partial charge in [0.15, 0.2) is 6.10 Å². The van der Waals surface area contributed by atoms with E-state index in [1.165, 1.54) is 27.7 Å². The number of carbonyl (C=O) groups is 4. The van der Waals surface area contributed by atoms with Gasteiger partial charge < -0.3 is 18.9 Å². The van der Waals surface area contributed by atoms with Gasteiger partial charge in [-0.2, -0.15) is 0 Å². The van der Waals surface area contributed by atoms with Crippen LogP contribution >= 0.6 is 0 Å². The summed E-state index contributed by atoms with van der Waals surface area (Å²) >= 11 is 0. The first-order valence-corrected chi connectivity index (χ1v) is 6.98. The SMILES string of the molecule is CC(=O)OC/C=C\C[C@@H](OC(C)=O)[C@@H](COC(C)=O)OC(C)=O. The largest absolute Gasteiger partial charge is 0.462 e. The lowest BCUT2D eigenvalue weighted by atomic mass is 10.1. The molecule has 0 saturated carbocycles. The van der Waals surface area contributed by atoms with Crippen LogP contribution in [0.15, 0.2) is 12.2 Å². The maximum Gasteiger partial charge on any atom is 0.303 e. The standard InChI is InChI=1S/C15H22O8/c1-10(16)20-8-6-5-7-14(22-12(3)18)15(23-13(4)19)9-21-11(2)17/h5-6,14-15H,7-9H2,1-4H3/b6-5-/t14-,15-/m1/s1. The van der Waals surface area contributed by atoms with Crippen LogP contribution in [0.5, 0.6) is 0 Å². The summed E-state index contributed by atoms with van der Waals surface area (Å²) in [5.74, 6) is -2.13. The van der Waals surface area contributed by atoms with Gasteiger partial charge in [0.05, 0.1) is 0 Å². The van der Waals surface area contributed by atoms with Crippen molar-refractivity contribution in [2.45, 2.75) is 46.3 Å². The first-order chi connectivity index (χ1) is 10.7. The molecular formula is C15H22O8. The fourth-order valence-electron chi connectivity index (χ4n) is 1.58. The van der Waals surface area contributed by atoms with Crippen molar-refractivity contribution in [3.63, 3.8) is 0 Å². The van der Waals surface area contributed by atoms with Crippen molar-refractivity contribution in [2.75, 3.05) is 13.2 Å². The number of carbonyl (C=O) groups excluding carboxylic acids is 4. The summed E-state index contributed by atoms with van der Waals surface area (Å²) in [6.07, 6.45) is 1.61. The van der Waals surface area contributed by atoms with Gasteiger partial charge in [0.1, 0.15) is 19.3 Å². The molecule has 8 nitrogen and oxygen atoms in total. The van der Waals surface area contributed by atoms with Gasteiger partial charge >= 0.3 is 23.9 Å². The van der Waals surface area contributed by atoms with Crippen molar-refractivity contribution < 1.29 is 38.1 Å². The van der Waals surface area contributed by atoms with Gasteiger partial charge in [-0.05, 0) is 0 Å². The van der Waals surface area contributed by atoms with E-state index in [4.69, 9.17) is 18.9 Å². The average Bonchev–Trinajstić information content (AvgIpc) is 2.40. The molecule has 0 aromatic carbocycles. The van der Waals surface area contributed by atoms with Crippen molar-refractivity contribution >= 4 is 23.9 Å². The Balaban J connectivity index is 4.81. The Morgan fingerprint density at radius 2 is 1.26 bits per heavy atom. The fourth-order valence-corrected chi connectivity index (χ4v) is 1.58. The molecule has 0 fully saturated rings. The second-order valence-electron chi connectivity index (χ2n) is 4.61. The van der Waals surface area contributed by atoms with Gasteiger partial charge in [0.2, 0.25) is 0 Å². The quantitative estimate of drug-likeness (QED) is 0.349. The number of rotatable bonds is 9. The van der Waals surface area contributed by atoms with E-state index in [1.54, 1.807) is 12.2 Å². The molecule has 0 spiro atoms. The highest BCUT2D eigenvalue weighted by molar-refractivity contribution is 5.68. The molecular weight excluding hydrogens is 308 g/mol. The molecule has 0 aliphatic carbocycles. The molecule has 0 N–H and O–H groups in total. The van der Waals surface area contributed by atoms with Gasteiger partial charge in [0, 0.05) is 34.1 Å². The summed E-state index contributed by atoms with van der Waals surface area (Å²) in [6.45, 7) is 4.75. The van der Waals surface area contributed by atoms with Crippen LogP contribution in [0, 0.1) is 0 Å². The summed E-state index contributed by atoms with van der Waals surface area (Å²) < 4.78 is 19.7. The highest BCUT2D eigenvalue weighted by Crippen LogP contribution is 2.12. The molecule has 8 heteroatoms. The van der Waals surface area contributed by atoms with Crippen LogP contribution in [0.4, 0.5) is 0 Å². The van der Waals surface area contributed by atoms with Crippen molar-refractivity contribution in [2.24, 2.45) is 0 Å². The monoisotopic (exact) mass is 330 g/mol. The van der Waals surface area contributed by atoms with Gasteiger partial charge in [0.25, 0.3) is 0 Å². The summed E-state index contributed by atoms with van der Waals surface area (Å²) in [4.78, 5) is 43.9. The molecule has 23 heavy (non-hydrogen) atoms. The topological polar surface area (TPSA) is 105 Å². The minimum Gasteiger partial charge on any atom is -0.462 e. The molecule has 0 rings (SSSR count). The first-order valence-electron chi connectivity index (χ1n) is 6.98. The van der Waals surface area contributed by atoms with Crippen LogP contribution in [0.2, 0.25) is 0 Å². The zero-order valence-electron chi connectivity index (χ0n) is 13.7. The predicted molar refractivity (Wildman–Crippen MR) is 78.1 cm³/mol. The van der Waals surface area contributed by atoms with Gasteiger partial charge in [-0.15, -0.1) is 0 Å². The van der Waals surface area contributed by atoms with Crippen LogP contribution in [0.25, 0.3) is 0 Å². The van der Waals surface area contributed by atoms with Crippen LogP contribution < -0.4 is 0 Å². The van der Waals surface area contributed by atoms with Crippen LogP contribution in [0.1, 0.15) is 34.1 Å². The third-order valence-electron chi connectivity index (χ3n) is 2.42. The predicted octanol–water partition coefficient (Wildman–Crippen LogP) is 0.922. The number of hydrogen-bond donors (Lipinski definition) is 0. The molecule has 0 unspecified atom stereocenters. The van der Waals surface area contributed by atoms with E-state index in [0.29, 0.717) is 0 Å². The second-order valence-corrected chi connectivity index (χ2v) is 4.61. The van der Waals surface area contributed by atoms with E-state index in [0.717, 1.165) is 0 Å². The van der Waals surface area contributed by atoms with E-state index in [1.807, 2.05) is 0 Å². The maximum atomic E-state index is 11.2. The Kier molecular flexibility index (Phi) is 10.1. The normalized spacial score (nSPS) is 13.0. The third kappa shape index (κ3) is 11.9. The third-order valence-corrected chi connectivity index (χ3v) is 2.42. The zero-order valence-corrected chi connectivity index (χ0v) is 13.7. The lowest BCUT2D eigenvalue weighted by Gasteiger charge is -2.25. The average molecular weight is 330 g/mol. The zero-order chi connectivity index (χ0) is 17.8. The van der Waals surface area contributed by atoms with Gasteiger partial charge in [-0.1, -0.05) is 12.2 Å². The van der Waals surface area contributed by atoms with Gasteiger partial charge in [-0.3, -0.25) is 19.2 Å². The highest BCUT2D eigenvalue weighted by atomic mass is 16.6. The Morgan fingerprint density at radius 1 is 0.739 bits per heavy atom. The van der Waals surface area contributed by atoms with Crippen molar-refractivity contribution in [1.82, 2.24) is 0 Å². The smallest absolute Gasteiger partial charge is 0.303 e. The Morgan fingerprint density at radius 3 is 1.74 bits per heavy atom. The molecule has 0 aliphatic rings. The fraction of sp³-hybridized carbons (Fsp3) is 0.600. The van der Waals surface area contributed by atoms with Gasteiger partial charge in [-0.25, -0.2) is 0 Å². The highest BCUT2D eigenvalue weighted by Gasteiger charge is 2.27. The molecule has 0 heterocycles. The number of esters is 4. The molecule has 0 bridgehead atoms. The molecule has 0 aromatic heterocycles. The lowest BCUT2D eigenvalue weighted by Crippen LogP contribution is -2.38. The first kappa shape index (κ1) is 20.6. The molecule has 0 aliphatic heterocycles. The Hall–Kier alpha value is -2.38. The number of hydrogen-bond acceptors (Lipinski definition) is 8. The van der Waals surface area contributed by atoms with E-state index in [2.05, 4.69) is 0 Å². The van der Waals surface area contributed by atoms with E-state index in [9.17, 15) is 19.2 Å². The summed E-state index contributed by atoms with van der Waals surface area (Å²) in [5, 5.41) is 0. The van der Waals surface area contributed by atoms with Crippen molar-refractivity contribution in [1.29, 1.82) is 0 Å². The minimum atomic E-state index is -0.932. The Labute approximate surface area is 134 Å². The summed E-state index contributed by atoms with van der Waals surface area (Å²) in [5.41, 5.74) is 0. The van der Waals surface area contributed by atoms with Crippen molar-refractivity contribution in [3.8, 4) is 0 Å². The second kappa shape index (κ2) is 11.2. The lowest BCUT2D eigenvalue weighted by molar-refractivity contribution is -0.172. The van der Waals surface area contributed by atoms with Crippen LogP contribution in [-0.2, 0) is 38.1 Å².